The number of nitrogens with one attached hydrogen (secondary N) is 2. The second-order valence-corrected chi connectivity index (χ2v) is 12.0. The molecule has 0 aliphatic carbocycles. The monoisotopic (exact) mass is 583 g/mol. The molecule has 6 atom stereocenters. The van der Waals surface area contributed by atoms with Crippen molar-refractivity contribution in [3.63, 3.8) is 0 Å². The number of aromatic nitrogens is 2. The summed E-state index contributed by atoms with van der Waals surface area (Å²) in [5.74, 6) is -1.95. The first-order valence-corrected chi connectivity index (χ1v) is 14.6. The van der Waals surface area contributed by atoms with Gasteiger partial charge in [-0.1, -0.05) is 25.6 Å². The van der Waals surface area contributed by atoms with Gasteiger partial charge in [-0.3, -0.25) is 37.4 Å². The Labute approximate surface area is 223 Å². The maximum Gasteiger partial charge on any atom is 0.406 e. The minimum Gasteiger partial charge on any atom is -0.462 e. The first-order valence-electron chi connectivity index (χ1n) is 12.0. The number of aliphatic hydroxyl groups is 1. The third-order valence-corrected chi connectivity index (χ3v) is 8.19. The molecule has 0 saturated carbocycles. The zero-order chi connectivity index (χ0) is 28.6. The van der Waals surface area contributed by atoms with Crippen LogP contribution in [-0.2, 0) is 32.7 Å². The zero-order valence-corrected chi connectivity index (χ0v) is 23.5. The molecule has 1 saturated heterocycles. The molecule has 2 heterocycles. The fourth-order valence-electron chi connectivity index (χ4n) is 3.38. The molecule has 13 nitrogen and oxygen atoms in total. The first kappa shape index (κ1) is 32.3. The molecule has 0 radical (unpaired) electrons. The average Bonchev–Trinajstić information content (AvgIpc) is 3.14. The van der Waals surface area contributed by atoms with Crippen molar-refractivity contribution in [3.8, 4) is 0 Å². The van der Waals surface area contributed by atoms with Crippen molar-refractivity contribution in [2.75, 3.05) is 25.6 Å². The summed E-state index contributed by atoms with van der Waals surface area (Å²) in [6.07, 6.45) is -3.35. The number of esters is 1. The molecule has 1 aromatic rings. The Bertz CT molecular complexity index is 1110. The molecule has 1 fully saturated rings. The van der Waals surface area contributed by atoms with Crippen LogP contribution in [-0.4, -0.2) is 75.7 Å². The molecule has 0 bridgehead atoms. The van der Waals surface area contributed by atoms with E-state index in [9.17, 15) is 33.2 Å². The summed E-state index contributed by atoms with van der Waals surface area (Å²) in [5, 5.41) is 13.0. The Balaban J connectivity index is 2.15. The Kier molecular flexibility index (Phi) is 12.3. The number of rotatable bonds is 14. The van der Waals surface area contributed by atoms with Crippen LogP contribution in [0.5, 0.6) is 0 Å². The first-order chi connectivity index (χ1) is 17.8. The highest BCUT2D eigenvalue weighted by Crippen LogP contribution is 2.46. The van der Waals surface area contributed by atoms with Crippen molar-refractivity contribution in [2.45, 2.75) is 65.2 Å². The summed E-state index contributed by atoms with van der Waals surface area (Å²) in [5.41, 5.74) is -1.54. The highest BCUT2D eigenvalue weighted by atomic mass is 32.2. The molecule has 1 aliphatic rings. The molecule has 1 unspecified atom stereocenters. The van der Waals surface area contributed by atoms with Gasteiger partial charge in [-0.25, -0.2) is 14.4 Å². The van der Waals surface area contributed by atoms with Gasteiger partial charge in [0.25, 0.3) is 5.56 Å². The SMILES string of the molecule is CC(C)OC(=O)[C@H](C)NP(=O)(OCCSC(=O)C(C)C)OC[C@H]1O[C@@H](n2ccc(=O)[nH]c2=O)[C@H](O)[C@@H]1CF. The van der Waals surface area contributed by atoms with Gasteiger partial charge in [-0.15, -0.1) is 0 Å². The third-order valence-electron chi connectivity index (χ3n) is 5.35. The lowest BCUT2D eigenvalue weighted by Crippen LogP contribution is -2.37. The maximum absolute atomic E-state index is 13.8. The molecule has 216 valence electrons. The van der Waals surface area contributed by atoms with Crippen molar-refractivity contribution >= 4 is 30.6 Å². The van der Waals surface area contributed by atoms with Crippen molar-refractivity contribution in [1.29, 1.82) is 0 Å². The van der Waals surface area contributed by atoms with Gasteiger partial charge in [0.1, 0.15) is 12.1 Å². The zero-order valence-electron chi connectivity index (χ0n) is 21.8. The minimum absolute atomic E-state index is 0.0890. The number of halogens is 1. The lowest BCUT2D eigenvalue weighted by molar-refractivity contribution is -0.149. The minimum atomic E-state index is -4.25. The van der Waals surface area contributed by atoms with Crippen LogP contribution in [0.4, 0.5) is 4.39 Å². The number of alkyl halides is 1. The molecule has 16 heteroatoms. The molecular formula is C22H35FN3O10PS. The molecule has 1 aromatic heterocycles. The standard InChI is InChI=1S/C22H35FN3O10PS/c1-12(2)21(30)38-9-8-33-37(32,25-14(5)20(29)35-13(3)4)34-11-16-15(10-23)18(28)19(36-16)26-7-6-17(27)24-22(26)31/h6-7,12-16,18-19,28H,8-11H2,1-5H3,(H,25,32)(H,24,27,31)/t14-,15+,16+,18+,19+,37?/m0/s1. The van der Waals surface area contributed by atoms with Crippen molar-refractivity contribution in [3.05, 3.63) is 33.1 Å². The summed E-state index contributed by atoms with van der Waals surface area (Å²) in [6, 6.07) is -0.0788. The van der Waals surface area contributed by atoms with Gasteiger partial charge in [0.2, 0.25) is 0 Å². The van der Waals surface area contributed by atoms with E-state index in [0.29, 0.717) is 0 Å². The van der Waals surface area contributed by atoms with Gasteiger partial charge in [-0.2, -0.15) is 0 Å². The molecule has 0 amide bonds. The number of thioether (sulfide) groups is 1. The number of carbonyl (C=O) groups excluding carboxylic acids is 2. The number of ether oxygens (including phenoxy) is 2. The Morgan fingerprint density at radius 3 is 2.53 bits per heavy atom. The smallest absolute Gasteiger partial charge is 0.406 e. The van der Waals surface area contributed by atoms with Crippen LogP contribution >= 0.6 is 19.5 Å². The van der Waals surface area contributed by atoms with Gasteiger partial charge in [0.15, 0.2) is 11.3 Å². The van der Waals surface area contributed by atoms with E-state index in [1.54, 1.807) is 27.7 Å². The number of aliphatic hydroxyl groups excluding tert-OH is 1. The Hall–Kier alpha value is -1.87. The lowest BCUT2D eigenvalue weighted by atomic mass is 10.00. The fraction of sp³-hybridized carbons (Fsp3) is 0.727. The summed E-state index contributed by atoms with van der Waals surface area (Å²) in [7, 11) is -4.25. The van der Waals surface area contributed by atoms with Gasteiger partial charge >= 0.3 is 19.4 Å². The molecule has 0 aromatic carbocycles. The second kappa shape index (κ2) is 14.5. The van der Waals surface area contributed by atoms with E-state index in [4.69, 9.17) is 18.5 Å². The van der Waals surface area contributed by atoms with E-state index in [-0.39, 0.29) is 23.4 Å². The van der Waals surface area contributed by atoms with Crippen LogP contribution in [0.1, 0.15) is 40.8 Å². The number of aromatic amines is 1. The van der Waals surface area contributed by atoms with Crippen LogP contribution in [0.25, 0.3) is 0 Å². The lowest BCUT2D eigenvalue weighted by Gasteiger charge is -2.25. The van der Waals surface area contributed by atoms with Crippen molar-refractivity contribution < 1.29 is 42.2 Å². The van der Waals surface area contributed by atoms with E-state index in [1.807, 2.05) is 4.98 Å². The fourth-order valence-corrected chi connectivity index (χ4v) is 5.68. The number of nitrogens with zero attached hydrogens (tertiary/aromatic N) is 1. The Morgan fingerprint density at radius 2 is 1.95 bits per heavy atom. The van der Waals surface area contributed by atoms with Gasteiger partial charge in [0.05, 0.1) is 32.1 Å². The van der Waals surface area contributed by atoms with E-state index in [2.05, 4.69) is 5.09 Å². The number of H-pyrrole nitrogens is 1. The van der Waals surface area contributed by atoms with Gasteiger partial charge < -0.3 is 14.6 Å². The van der Waals surface area contributed by atoms with E-state index in [0.717, 1.165) is 28.6 Å². The van der Waals surface area contributed by atoms with E-state index in [1.165, 1.54) is 6.92 Å². The highest BCUT2D eigenvalue weighted by molar-refractivity contribution is 8.13. The molecule has 2 rings (SSSR count). The van der Waals surface area contributed by atoms with Gasteiger partial charge in [0, 0.05) is 29.9 Å². The maximum atomic E-state index is 13.8. The van der Waals surface area contributed by atoms with Crippen LogP contribution in [0.3, 0.4) is 0 Å². The normalized spacial score (nSPS) is 23.9. The van der Waals surface area contributed by atoms with Crippen molar-refractivity contribution in [2.24, 2.45) is 11.8 Å². The predicted molar refractivity (Wildman–Crippen MR) is 136 cm³/mol. The second-order valence-electron chi connectivity index (χ2n) is 9.18. The third kappa shape index (κ3) is 9.11. The quantitative estimate of drug-likeness (QED) is 0.163. The molecule has 3 N–H and O–H groups in total. The molecule has 0 spiro atoms. The van der Waals surface area contributed by atoms with Crippen LogP contribution < -0.4 is 16.3 Å². The predicted octanol–water partition coefficient (Wildman–Crippen LogP) is 1.37. The number of hydrogen-bond acceptors (Lipinski definition) is 11. The Morgan fingerprint density at radius 1 is 1.26 bits per heavy atom. The molecular weight excluding hydrogens is 548 g/mol. The van der Waals surface area contributed by atoms with Crippen LogP contribution in [0, 0.1) is 11.8 Å². The van der Waals surface area contributed by atoms with Crippen LogP contribution in [0.15, 0.2) is 21.9 Å². The summed E-state index contributed by atoms with van der Waals surface area (Å²) in [6.45, 7) is 6.35. The van der Waals surface area contributed by atoms with Gasteiger partial charge in [-0.05, 0) is 20.8 Å². The van der Waals surface area contributed by atoms with Crippen molar-refractivity contribution in [1.82, 2.24) is 14.6 Å². The number of hydrogen-bond donors (Lipinski definition) is 3. The van der Waals surface area contributed by atoms with Crippen LogP contribution in [0.2, 0.25) is 0 Å². The summed E-state index contributed by atoms with van der Waals surface area (Å²) >= 11 is 0.982. The average molecular weight is 584 g/mol. The largest absolute Gasteiger partial charge is 0.462 e. The summed E-state index contributed by atoms with van der Waals surface area (Å²) < 4.78 is 49.9. The highest BCUT2D eigenvalue weighted by Gasteiger charge is 2.46. The summed E-state index contributed by atoms with van der Waals surface area (Å²) in [4.78, 5) is 49.6. The topological polar surface area (TPSA) is 175 Å². The molecule has 38 heavy (non-hydrogen) atoms. The van der Waals surface area contributed by atoms with E-state index < -0.39 is 74.7 Å². The van der Waals surface area contributed by atoms with E-state index >= 15 is 0 Å². The molecule has 1 aliphatic heterocycles. The number of carbonyl (C=O) groups is 2.